The first-order valence-electron chi connectivity index (χ1n) is 7.01. The van der Waals surface area contributed by atoms with Crippen molar-refractivity contribution in [1.29, 1.82) is 0 Å². The molecule has 1 amide bonds. The van der Waals surface area contributed by atoms with Crippen LogP contribution in [0.1, 0.15) is 51.4 Å². The van der Waals surface area contributed by atoms with Gasteiger partial charge in [0.1, 0.15) is 0 Å². The van der Waals surface area contributed by atoms with Gasteiger partial charge in [0, 0.05) is 19.1 Å². The molecule has 0 aromatic heterocycles. The molecule has 0 spiro atoms. The summed E-state index contributed by atoms with van der Waals surface area (Å²) < 4.78 is 0. The fourth-order valence-corrected chi connectivity index (χ4v) is 2.47. The molecule has 4 heteroatoms. The Hall–Kier alpha value is -0.610. The predicted octanol–water partition coefficient (Wildman–Crippen LogP) is 0.906. The molecule has 98 valence electrons. The van der Waals surface area contributed by atoms with Gasteiger partial charge < -0.3 is 16.4 Å². The van der Waals surface area contributed by atoms with Crippen LogP contribution in [0, 0.1) is 0 Å². The fourth-order valence-electron chi connectivity index (χ4n) is 2.47. The molecule has 0 aromatic carbocycles. The van der Waals surface area contributed by atoms with Crippen molar-refractivity contribution in [2.24, 2.45) is 5.73 Å². The molecule has 0 aliphatic heterocycles. The summed E-state index contributed by atoms with van der Waals surface area (Å²) >= 11 is 0. The Bertz CT molecular complexity index is 255. The number of nitrogens with one attached hydrogen (secondary N) is 2. The molecule has 0 atom stereocenters. The first-order chi connectivity index (χ1) is 8.21. The monoisotopic (exact) mass is 239 g/mol. The molecule has 2 fully saturated rings. The van der Waals surface area contributed by atoms with Gasteiger partial charge in [0.2, 0.25) is 5.91 Å². The Morgan fingerprint density at radius 3 is 2.35 bits per heavy atom. The van der Waals surface area contributed by atoms with Crippen LogP contribution in [0.5, 0.6) is 0 Å². The SMILES string of the molecule is NC1(C(=O)NCCNC2CCCCCC2)CC1. The second-order valence-electron chi connectivity index (χ2n) is 5.55. The maximum atomic E-state index is 11.6. The van der Waals surface area contributed by atoms with E-state index in [1.54, 1.807) is 0 Å². The number of hydrogen-bond acceptors (Lipinski definition) is 3. The highest BCUT2D eigenvalue weighted by Gasteiger charge is 2.45. The van der Waals surface area contributed by atoms with Crippen molar-refractivity contribution in [2.75, 3.05) is 13.1 Å². The van der Waals surface area contributed by atoms with Crippen LogP contribution in [0.2, 0.25) is 0 Å². The molecule has 0 bridgehead atoms. The summed E-state index contributed by atoms with van der Waals surface area (Å²) in [5.74, 6) is 0.0279. The molecule has 2 rings (SSSR count). The van der Waals surface area contributed by atoms with Gasteiger partial charge in [-0.3, -0.25) is 4.79 Å². The minimum absolute atomic E-state index is 0.0279. The molecular weight excluding hydrogens is 214 g/mol. The standard InChI is InChI=1S/C13H25N3O/c14-13(7-8-13)12(17)16-10-9-15-11-5-3-1-2-4-6-11/h11,15H,1-10,14H2,(H,16,17). The molecule has 17 heavy (non-hydrogen) atoms. The molecule has 4 N–H and O–H groups in total. The molecule has 0 saturated heterocycles. The maximum absolute atomic E-state index is 11.6. The lowest BCUT2D eigenvalue weighted by atomic mass is 10.1. The molecule has 2 aliphatic rings. The highest BCUT2D eigenvalue weighted by molar-refractivity contribution is 5.88. The molecule has 4 nitrogen and oxygen atoms in total. The van der Waals surface area contributed by atoms with E-state index in [1.807, 2.05) is 0 Å². The van der Waals surface area contributed by atoms with Crippen molar-refractivity contribution in [1.82, 2.24) is 10.6 Å². The molecule has 0 heterocycles. The minimum Gasteiger partial charge on any atom is -0.353 e. The van der Waals surface area contributed by atoms with E-state index in [1.165, 1.54) is 38.5 Å². The Morgan fingerprint density at radius 1 is 1.12 bits per heavy atom. The van der Waals surface area contributed by atoms with Crippen LogP contribution < -0.4 is 16.4 Å². The van der Waals surface area contributed by atoms with Crippen LogP contribution >= 0.6 is 0 Å². The third-order valence-electron chi connectivity index (χ3n) is 3.94. The Labute approximate surface area is 104 Å². The van der Waals surface area contributed by atoms with E-state index in [0.29, 0.717) is 12.6 Å². The number of amides is 1. The van der Waals surface area contributed by atoms with Crippen LogP contribution in [0.3, 0.4) is 0 Å². The fraction of sp³-hybridized carbons (Fsp3) is 0.923. The van der Waals surface area contributed by atoms with E-state index in [-0.39, 0.29) is 5.91 Å². The number of hydrogen-bond donors (Lipinski definition) is 3. The summed E-state index contributed by atoms with van der Waals surface area (Å²) in [6.07, 6.45) is 9.70. The summed E-state index contributed by atoms with van der Waals surface area (Å²) in [7, 11) is 0. The van der Waals surface area contributed by atoms with Gasteiger partial charge in [-0.15, -0.1) is 0 Å². The van der Waals surface area contributed by atoms with E-state index in [4.69, 9.17) is 5.73 Å². The molecule has 2 saturated carbocycles. The van der Waals surface area contributed by atoms with Gasteiger partial charge in [0.15, 0.2) is 0 Å². The van der Waals surface area contributed by atoms with Crippen molar-refractivity contribution in [2.45, 2.75) is 62.9 Å². The lowest BCUT2D eigenvalue weighted by molar-refractivity contribution is -0.123. The molecule has 0 unspecified atom stereocenters. The largest absolute Gasteiger partial charge is 0.353 e. The third-order valence-corrected chi connectivity index (χ3v) is 3.94. The van der Waals surface area contributed by atoms with Crippen molar-refractivity contribution in [3.8, 4) is 0 Å². The zero-order chi connectivity index (χ0) is 12.1. The first-order valence-corrected chi connectivity index (χ1v) is 7.01. The van der Waals surface area contributed by atoms with Gasteiger partial charge in [-0.25, -0.2) is 0 Å². The number of nitrogens with two attached hydrogens (primary N) is 1. The summed E-state index contributed by atoms with van der Waals surface area (Å²) in [6.45, 7) is 1.57. The van der Waals surface area contributed by atoms with Crippen molar-refractivity contribution >= 4 is 5.91 Å². The van der Waals surface area contributed by atoms with Crippen LogP contribution in [-0.4, -0.2) is 30.6 Å². The zero-order valence-corrected chi connectivity index (χ0v) is 10.6. The normalized spacial score (nSPS) is 24.1. The maximum Gasteiger partial charge on any atom is 0.240 e. The van der Waals surface area contributed by atoms with Gasteiger partial charge >= 0.3 is 0 Å². The Morgan fingerprint density at radius 2 is 1.76 bits per heavy atom. The average molecular weight is 239 g/mol. The van der Waals surface area contributed by atoms with Crippen molar-refractivity contribution in [3.05, 3.63) is 0 Å². The molecule has 0 aromatic rings. The van der Waals surface area contributed by atoms with E-state index in [9.17, 15) is 4.79 Å². The average Bonchev–Trinajstić information content (AvgIpc) is 3.09. The summed E-state index contributed by atoms with van der Waals surface area (Å²) in [5, 5.41) is 6.45. The highest BCUT2D eigenvalue weighted by atomic mass is 16.2. The predicted molar refractivity (Wildman–Crippen MR) is 68.7 cm³/mol. The van der Waals surface area contributed by atoms with Gasteiger partial charge in [-0.1, -0.05) is 25.7 Å². The molecule has 2 aliphatic carbocycles. The molecule has 0 radical (unpaired) electrons. The summed E-state index contributed by atoms with van der Waals surface area (Å²) in [5.41, 5.74) is 5.28. The minimum atomic E-state index is -0.525. The highest BCUT2D eigenvalue weighted by Crippen LogP contribution is 2.31. The van der Waals surface area contributed by atoms with Crippen molar-refractivity contribution in [3.63, 3.8) is 0 Å². The van der Waals surface area contributed by atoms with Gasteiger partial charge in [0.05, 0.1) is 5.54 Å². The van der Waals surface area contributed by atoms with E-state index in [2.05, 4.69) is 10.6 Å². The second-order valence-corrected chi connectivity index (χ2v) is 5.55. The third kappa shape index (κ3) is 3.96. The zero-order valence-electron chi connectivity index (χ0n) is 10.6. The van der Waals surface area contributed by atoms with E-state index >= 15 is 0 Å². The lowest BCUT2D eigenvalue weighted by Crippen LogP contribution is -2.45. The van der Waals surface area contributed by atoms with Crippen LogP contribution in [-0.2, 0) is 4.79 Å². The lowest BCUT2D eigenvalue weighted by Gasteiger charge is -2.17. The first kappa shape index (κ1) is 12.8. The van der Waals surface area contributed by atoms with E-state index < -0.39 is 5.54 Å². The van der Waals surface area contributed by atoms with Crippen LogP contribution in [0.15, 0.2) is 0 Å². The van der Waals surface area contributed by atoms with Crippen molar-refractivity contribution < 1.29 is 4.79 Å². The van der Waals surface area contributed by atoms with Crippen LogP contribution in [0.25, 0.3) is 0 Å². The summed E-state index contributed by atoms with van der Waals surface area (Å²) in [4.78, 5) is 11.6. The Balaban J connectivity index is 1.54. The number of rotatable bonds is 5. The Kier molecular flexibility index (Phi) is 4.40. The topological polar surface area (TPSA) is 67.2 Å². The van der Waals surface area contributed by atoms with Gasteiger partial charge in [0.25, 0.3) is 0 Å². The second kappa shape index (κ2) is 5.83. The van der Waals surface area contributed by atoms with Crippen LogP contribution in [0.4, 0.5) is 0 Å². The quantitative estimate of drug-likeness (QED) is 0.493. The molecular formula is C13H25N3O. The summed E-state index contributed by atoms with van der Waals surface area (Å²) in [6, 6.07) is 0.655. The smallest absolute Gasteiger partial charge is 0.240 e. The number of carbonyl (C=O) groups is 1. The number of carbonyl (C=O) groups excluding carboxylic acids is 1. The van der Waals surface area contributed by atoms with Gasteiger partial charge in [-0.05, 0) is 25.7 Å². The van der Waals surface area contributed by atoms with E-state index in [0.717, 1.165) is 19.4 Å². The van der Waals surface area contributed by atoms with Gasteiger partial charge in [-0.2, -0.15) is 0 Å².